The van der Waals surface area contributed by atoms with Crippen molar-refractivity contribution in [3.63, 3.8) is 0 Å². The smallest absolute Gasteiger partial charge is 0.142 e. The van der Waals surface area contributed by atoms with Gasteiger partial charge in [-0.2, -0.15) is 24.3 Å². The van der Waals surface area contributed by atoms with Gasteiger partial charge in [-0.05, 0) is 0 Å². The molecule has 0 spiro atoms. The Morgan fingerprint density at radius 1 is 0.720 bits per heavy atom. The van der Waals surface area contributed by atoms with Crippen molar-refractivity contribution in [3.8, 4) is 0 Å². The molecule has 0 saturated heterocycles. The summed E-state index contributed by atoms with van der Waals surface area (Å²) in [5.74, 6) is 0. The molecule has 0 aromatic heterocycles. The molecule has 0 atom stereocenters. The third-order valence-corrected chi connectivity index (χ3v) is 4.81. The zero-order valence-electron chi connectivity index (χ0n) is 16.2. The minimum atomic E-state index is -1.23. The van der Waals surface area contributed by atoms with Crippen LogP contribution in [0.2, 0.25) is 39.3 Å². The van der Waals surface area contributed by atoms with Gasteiger partial charge in [-0.3, -0.25) is 0 Å². The molecule has 0 aromatic rings. The molecule has 5 heteroatoms. The number of hydrogen-bond acceptors (Lipinski definition) is 2. The quantitative estimate of drug-likeness (QED) is 0.311. The van der Waals surface area contributed by atoms with Gasteiger partial charge in [0.15, 0.2) is 0 Å². The third-order valence-electron chi connectivity index (χ3n) is 2.77. The average Bonchev–Trinajstić information content (AvgIpc) is 3.04. The van der Waals surface area contributed by atoms with Crippen molar-refractivity contribution in [1.82, 2.24) is 9.96 Å². The van der Waals surface area contributed by atoms with Crippen molar-refractivity contribution in [2.24, 2.45) is 0 Å². The Labute approximate surface area is 174 Å². The molecule has 0 fully saturated rings. The number of nitrogens with one attached hydrogen (secondary N) is 2. The average molecular weight is 531 g/mol. The van der Waals surface area contributed by atoms with Gasteiger partial charge in [-0.15, -0.1) is 36.5 Å². The molecule has 132 valence electrons. The first-order valence-corrected chi connectivity index (χ1v) is 15.0. The van der Waals surface area contributed by atoms with E-state index in [9.17, 15) is 0 Å². The summed E-state index contributed by atoms with van der Waals surface area (Å²) in [6, 6.07) is 0. The summed E-state index contributed by atoms with van der Waals surface area (Å²) in [4.78, 5) is 6.90. The number of rotatable bonds is 4. The molecular weight excluding hydrogens is 503 g/mol. The van der Waals surface area contributed by atoms with Crippen molar-refractivity contribution in [3.05, 3.63) is 83.6 Å². The maximum absolute atomic E-state index is 3.57. The van der Waals surface area contributed by atoms with Crippen molar-refractivity contribution >= 4 is 16.5 Å². The summed E-state index contributed by atoms with van der Waals surface area (Å²) in [7, 11) is -2.45. The van der Waals surface area contributed by atoms with Crippen LogP contribution < -0.4 is 9.96 Å². The van der Waals surface area contributed by atoms with Crippen molar-refractivity contribution in [2.45, 2.75) is 39.3 Å². The Morgan fingerprint density at radius 2 is 1.04 bits per heavy atom. The Hall–Kier alpha value is -1.10. The van der Waals surface area contributed by atoms with Crippen LogP contribution in [0.3, 0.4) is 0 Å². The summed E-state index contributed by atoms with van der Waals surface area (Å²) < 4.78 is 0. The predicted octanol–water partition coefficient (Wildman–Crippen LogP) is 4.76. The zero-order chi connectivity index (χ0) is 18.4. The zero-order valence-corrected chi connectivity index (χ0v) is 21.8. The van der Waals surface area contributed by atoms with E-state index in [-0.39, 0.29) is 25.8 Å². The summed E-state index contributed by atoms with van der Waals surface area (Å²) in [5, 5.41) is 0. The monoisotopic (exact) mass is 532 g/mol. The van der Waals surface area contributed by atoms with Gasteiger partial charge in [0.05, 0.1) is 0 Å². The van der Waals surface area contributed by atoms with Crippen LogP contribution in [0.5, 0.6) is 0 Å². The SMILES string of the molecule is C=C=C1[C-]=C(N[Si](C)(C)C)C=C1.C=C=C1[C-]=C(N[Si](C)(C)C)C=C1.[Hf]. The van der Waals surface area contributed by atoms with Crippen LogP contribution in [0, 0.1) is 12.2 Å². The Balaban J connectivity index is 0.000000443. The van der Waals surface area contributed by atoms with E-state index < -0.39 is 16.5 Å². The minimum Gasteiger partial charge on any atom is -0.426 e. The topological polar surface area (TPSA) is 24.1 Å². The van der Waals surface area contributed by atoms with E-state index in [1.54, 1.807) is 0 Å². The first-order chi connectivity index (χ1) is 11.0. The maximum atomic E-state index is 3.57. The Bertz CT molecular complexity index is 639. The summed E-state index contributed by atoms with van der Waals surface area (Å²) >= 11 is 0. The molecule has 2 aliphatic rings. The van der Waals surface area contributed by atoms with Gasteiger partial charge in [0.2, 0.25) is 0 Å². The molecule has 0 radical (unpaired) electrons. The molecular formula is C20H28HfN2Si2-2. The number of allylic oxidation sites excluding steroid dienone is 8. The molecule has 2 aliphatic carbocycles. The molecule has 25 heavy (non-hydrogen) atoms. The van der Waals surface area contributed by atoms with Crippen LogP contribution in [-0.4, -0.2) is 16.5 Å². The molecule has 2 rings (SSSR count). The van der Waals surface area contributed by atoms with E-state index in [2.05, 4.69) is 86.0 Å². The van der Waals surface area contributed by atoms with Gasteiger partial charge in [0.25, 0.3) is 0 Å². The molecule has 0 unspecified atom stereocenters. The molecule has 2 nitrogen and oxygen atoms in total. The van der Waals surface area contributed by atoms with E-state index in [0.29, 0.717) is 0 Å². The molecule has 0 aliphatic heterocycles. The van der Waals surface area contributed by atoms with E-state index in [1.165, 1.54) is 0 Å². The van der Waals surface area contributed by atoms with Gasteiger partial charge in [-0.25, -0.2) is 11.5 Å². The fraction of sp³-hybridized carbons (Fsp3) is 0.300. The largest absolute Gasteiger partial charge is 0.426 e. The fourth-order valence-corrected chi connectivity index (χ4v) is 3.86. The van der Waals surface area contributed by atoms with Gasteiger partial charge >= 0.3 is 0 Å². The van der Waals surface area contributed by atoms with Crippen LogP contribution in [0.25, 0.3) is 0 Å². The van der Waals surface area contributed by atoms with Crippen LogP contribution in [0.4, 0.5) is 0 Å². The normalized spacial score (nSPS) is 15.3. The fourth-order valence-electron chi connectivity index (χ4n) is 1.95. The van der Waals surface area contributed by atoms with E-state index >= 15 is 0 Å². The predicted molar refractivity (Wildman–Crippen MR) is 110 cm³/mol. The van der Waals surface area contributed by atoms with E-state index in [1.807, 2.05) is 24.3 Å². The standard InChI is InChI=1S/2C10H14NSi.Hf/c2*1-5-9-6-7-10(8-9)11-12(2,3)4;/h2*6-7,11H,1H2,2-4H3;/q2*-1;. The molecule has 0 aromatic carbocycles. The number of hydrogen-bond donors (Lipinski definition) is 2. The van der Waals surface area contributed by atoms with Gasteiger partial charge in [-0.1, -0.05) is 50.7 Å². The second kappa shape index (κ2) is 10.1. The molecule has 0 heterocycles. The van der Waals surface area contributed by atoms with Crippen LogP contribution >= 0.6 is 0 Å². The van der Waals surface area contributed by atoms with Crippen LogP contribution in [0.15, 0.2) is 71.5 Å². The first kappa shape index (κ1) is 23.9. The van der Waals surface area contributed by atoms with Crippen LogP contribution in [0.1, 0.15) is 0 Å². The van der Waals surface area contributed by atoms with Crippen molar-refractivity contribution < 1.29 is 25.8 Å². The van der Waals surface area contributed by atoms with Crippen molar-refractivity contribution in [2.75, 3.05) is 0 Å². The summed E-state index contributed by atoms with van der Waals surface area (Å²) in [5.41, 5.74) is 9.63. The minimum absolute atomic E-state index is 0. The van der Waals surface area contributed by atoms with Gasteiger partial charge < -0.3 is 9.96 Å². The first-order valence-electron chi connectivity index (χ1n) is 8.03. The Kier molecular flexibility index (Phi) is 9.70. The summed E-state index contributed by atoms with van der Waals surface area (Å²) in [6.07, 6.45) is 14.3. The second-order valence-electron chi connectivity index (χ2n) is 7.67. The maximum Gasteiger partial charge on any atom is 0.142 e. The molecule has 2 N–H and O–H groups in total. The van der Waals surface area contributed by atoms with Crippen LogP contribution in [-0.2, 0) is 25.8 Å². The van der Waals surface area contributed by atoms with Gasteiger partial charge in [0.1, 0.15) is 16.5 Å². The third kappa shape index (κ3) is 10.5. The molecule has 0 bridgehead atoms. The van der Waals surface area contributed by atoms with E-state index in [0.717, 1.165) is 22.5 Å². The van der Waals surface area contributed by atoms with Gasteiger partial charge in [0, 0.05) is 25.8 Å². The molecule has 0 amide bonds. The Morgan fingerprint density at radius 3 is 1.24 bits per heavy atom. The van der Waals surface area contributed by atoms with E-state index in [4.69, 9.17) is 0 Å². The molecule has 0 saturated carbocycles. The van der Waals surface area contributed by atoms with Crippen molar-refractivity contribution in [1.29, 1.82) is 0 Å². The summed E-state index contributed by atoms with van der Waals surface area (Å²) in [6.45, 7) is 20.7. The second-order valence-corrected chi connectivity index (χ2v) is 17.2.